The minimum atomic E-state index is -0.149. The number of para-hydroxylation sites is 1. The predicted octanol–water partition coefficient (Wildman–Crippen LogP) is 3.14. The first-order chi connectivity index (χ1) is 18.1. The lowest BCUT2D eigenvalue weighted by Crippen LogP contribution is -2.73. The second-order valence-corrected chi connectivity index (χ2v) is 12.6. The summed E-state index contributed by atoms with van der Waals surface area (Å²) in [4.78, 5) is 13.4. The molecule has 2 saturated carbocycles. The van der Waals surface area contributed by atoms with Gasteiger partial charge in [0.05, 0.1) is 0 Å². The Labute approximate surface area is 223 Å². The van der Waals surface area contributed by atoms with Crippen LogP contribution in [0.1, 0.15) is 81.8 Å². The summed E-state index contributed by atoms with van der Waals surface area (Å²) in [5.74, 6) is 0.910. The van der Waals surface area contributed by atoms with Gasteiger partial charge in [0.25, 0.3) is 0 Å². The molecule has 0 bridgehead atoms. The Morgan fingerprint density at radius 3 is 2.57 bits per heavy atom. The van der Waals surface area contributed by atoms with Crippen molar-refractivity contribution in [2.75, 3.05) is 25.0 Å². The smallest absolute Gasteiger partial charge is 0.243 e. The fraction of sp³-hybridized carbons (Fsp3) is 0.767. The number of aryl methyl sites for hydroxylation is 1. The number of hydrogen-bond donors (Lipinski definition) is 6. The van der Waals surface area contributed by atoms with Crippen LogP contribution in [0.4, 0.5) is 5.69 Å². The molecular weight excluding hydrogens is 460 g/mol. The van der Waals surface area contributed by atoms with Crippen LogP contribution in [0.15, 0.2) is 18.2 Å². The molecule has 2 aliphatic carbocycles. The van der Waals surface area contributed by atoms with E-state index >= 15 is 0 Å². The van der Waals surface area contributed by atoms with Gasteiger partial charge in [-0.1, -0.05) is 43.9 Å². The van der Waals surface area contributed by atoms with Gasteiger partial charge < -0.3 is 16.0 Å². The van der Waals surface area contributed by atoms with Gasteiger partial charge in [0, 0.05) is 42.2 Å². The summed E-state index contributed by atoms with van der Waals surface area (Å²) in [7, 11) is 0. The van der Waals surface area contributed by atoms with E-state index in [0.717, 1.165) is 56.9 Å². The molecule has 37 heavy (non-hydrogen) atoms. The number of rotatable bonds is 5. The highest BCUT2D eigenvalue weighted by atomic mass is 16.2. The molecule has 6 N–H and O–H groups in total. The highest BCUT2D eigenvalue weighted by Crippen LogP contribution is 2.49. The van der Waals surface area contributed by atoms with E-state index in [9.17, 15) is 4.79 Å². The molecule has 3 heterocycles. The standard InChI is InChI=1S/C30H48N6O/c1-20-7-6-8-21-17-25(35-27(20)21)28(37)33-24-11-12-26-30(18-24,22-9-4-2-3-5-10-22)19-32-29(36-26)34-23-13-15-31-16-14-23/h6-8,22-26,29,31-32,34-36H,2-5,9-19H2,1H3,(H,33,37). The average molecular weight is 509 g/mol. The van der Waals surface area contributed by atoms with Crippen molar-refractivity contribution in [1.82, 2.24) is 26.6 Å². The van der Waals surface area contributed by atoms with Crippen LogP contribution >= 0.6 is 0 Å². The highest BCUT2D eigenvalue weighted by molar-refractivity contribution is 5.88. The first kappa shape index (κ1) is 25.6. The number of carbonyl (C=O) groups excluding carboxylic acids is 1. The average Bonchev–Trinajstić information content (AvgIpc) is 3.17. The first-order valence-electron chi connectivity index (χ1n) is 15.2. The summed E-state index contributed by atoms with van der Waals surface area (Å²) in [6.07, 6.45) is 14.8. The molecule has 6 rings (SSSR count). The zero-order valence-corrected chi connectivity index (χ0v) is 22.7. The minimum Gasteiger partial charge on any atom is -0.373 e. The van der Waals surface area contributed by atoms with E-state index in [4.69, 9.17) is 0 Å². The molecule has 5 unspecified atom stereocenters. The Hall–Kier alpha value is -1.67. The quantitative estimate of drug-likeness (QED) is 0.343. The number of piperidine rings is 1. The van der Waals surface area contributed by atoms with Gasteiger partial charge in [-0.25, -0.2) is 0 Å². The van der Waals surface area contributed by atoms with Gasteiger partial charge in [0.2, 0.25) is 5.91 Å². The second kappa shape index (κ2) is 11.2. The fourth-order valence-electron chi connectivity index (χ4n) is 8.27. The van der Waals surface area contributed by atoms with Crippen molar-refractivity contribution >= 4 is 11.6 Å². The highest BCUT2D eigenvalue weighted by Gasteiger charge is 2.52. The molecule has 1 amide bonds. The van der Waals surface area contributed by atoms with Crippen molar-refractivity contribution in [3.05, 3.63) is 29.3 Å². The zero-order valence-electron chi connectivity index (χ0n) is 22.7. The molecule has 2 saturated heterocycles. The van der Waals surface area contributed by atoms with Crippen LogP contribution in [0.5, 0.6) is 0 Å². The largest absolute Gasteiger partial charge is 0.373 e. The number of hydrogen-bond acceptors (Lipinski definition) is 6. The van der Waals surface area contributed by atoms with Crippen LogP contribution in [-0.2, 0) is 11.2 Å². The SMILES string of the molecule is Cc1cccc2c1NC(C(=O)NC1CCC3NC(NC4CCNCC4)NCC3(C3CCCCCC3)C1)C2. The summed E-state index contributed by atoms with van der Waals surface area (Å²) in [5, 5.41) is 22.4. The monoisotopic (exact) mass is 508 g/mol. The molecule has 3 aliphatic heterocycles. The summed E-state index contributed by atoms with van der Waals surface area (Å²) in [6, 6.07) is 7.59. The Kier molecular flexibility index (Phi) is 7.76. The van der Waals surface area contributed by atoms with E-state index in [2.05, 4.69) is 57.0 Å². The summed E-state index contributed by atoms with van der Waals surface area (Å²) in [6.45, 7) is 5.40. The molecule has 1 aromatic carbocycles. The molecule has 0 radical (unpaired) electrons. The third-order valence-electron chi connectivity index (χ3n) is 10.3. The zero-order chi connectivity index (χ0) is 25.2. The Bertz CT molecular complexity index is 940. The van der Waals surface area contributed by atoms with E-state index in [0.29, 0.717) is 12.1 Å². The normalized spacial score (nSPS) is 35.2. The van der Waals surface area contributed by atoms with E-state index in [-0.39, 0.29) is 29.7 Å². The maximum Gasteiger partial charge on any atom is 0.243 e. The van der Waals surface area contributed by atoms with Gasteiger partial charge in [-0.05, 0) is 82.0 Å². The molecule has 0 aromatic heterocycles. The maximum absolute atomic E-state index is 13.4. The lowest BCUT2D eigenvalue weighted by molar-refractivity contribution is -0.123. The first-order valence-corrected chi connectivity index (χ1v) is 15.2. The lowest BCUT2D eigenvalue weighted by Gasteiger charge is -2.56. The third-order valence-corrected chi connectivity index (χ3v) is 10.3. The Balaban J connectivity index is 1.13. The van der Waals surface area contributed by atoms with Crippen molar-refractivity contribution in [3.8, 4) is 0 Å². The van der Waals surface area contributed by atoms with Gasteiger partial charge >= 0.3 is 0 Å². The number of carbonyl (C=O) groups is 1. The number of benzene rings is 1. The van der Waals surface area contributed by atoms with Crippen molar-refractivity contribution in [3.63, 3.8) is 0 Å². The van der Waals surface area contributed by atoms with E-state index in [1.165, 1.54) is 62.5 Å². The number of nitrogens with one attached hydrogen (secondary N) is 6. The van der Waals surface area contributed by atoms with Crippen molar-refractivity contribution in [1.29, 1.82) is 0 Å². The van der Waals surface area contributed by atoms with Crippen LogP contribution in [0.3, 0.4) is 0 Å². The Morgan fingerprint density at radius 2 is 1.78 bits per heavy atom. The van der Waals surface area contributed by atoms with Crippen LogP contribution < -0.4 is 31.9 Å². The molecule has 0 spiro atoms. The van der Waals surface area contributed by atoms with Crippen molar-refractivity contribution in [2.45, 2.75) is 114 Å². The number of anilines is 1. The molecule has 1 aromatic rings. The maximum atomic E-state index is 13.4. The topological polar surface area (TPSA) is 89.2 Å². The molecular formula is C30H48N6O. The van der Waals surface area contributed by atoms with Gasteiger partial charge in [-0.2, -0.15) is 0 Å². The summed E-state index contributed by atoms with van der Waals surface area (Å²) < 4.78 is 0. The van der Waals surface area contributed by atoms with Crippen LogP contribution in [0.2, 0.25) is 0 Å². The molecule has 7 nitrogen and oxygen atoms in total. The van der Waals surface area contributed by atoms with Crippen LogP contribution in [0.25, 0.3) is 0 Å². The molecule has 5 aliphatic rings. The van der Waals surface area contributed by atoms with Crippen molar-refractivity contribution in [2.24, 2.45) is 11.3 Å². The summed E-state index contributed by atoms with van der Waals surface area (Å²) in [5.41, 5.74) is 3.88. The van der Waals surface area contributed by atoms with E-state index < -0.39 is 0 Å². The number of amides is 1. The predicted molar refractivity (Wildman–Crippen MR) is 149 cm³/mol. The fourth-order valence-corrected chi connectivity index (χ4v) is 8.27. The number of fused-ring (bicyclic) bond motifs is 2. The molecule has 7 heteroatoms. The van der Waals surface area contributed by atoms with Gasteiger partial charge in [-0.3, -0.25) is 20.7 Å². The van der Waals surface area contributed by atoms with Gasteiger partial charge in [0.1, 0.15) is 12.3 Å². The third kappa shape index (κ3) is 5.42. The molecule has 204 valence electrons. The lowest BCUT2D eigenvalue weighted by atomic mass is 9.58. The van der Waals surface area contributed by atoms with Crippen LogP contribution in [0, 0.1) is 18.3 Å². The Morgan fingerprint density at radius 1 is 0.973 bits per heavy atom. The van der Waals surface area contributed by atoms with Crippen LogP contribution in [-0.4, -0.2) is 56.0 Å². The molecule has 5 atom stereocenters. The van der Waals surface area contributed by atoms with Gasteiger partial charge in [0.15, 0.2) is 0 Å². The van der Waals surface area contributed by atoms with Gasteiger partial charge in [-0.15, -0.1) is 0 Å². The van der Waals surface area contributed by atoms with E-state index in [1.807, 2.05) is 0 Å². The van der Waals surface area contributed by atoms with Crippen molar-refractivity contribution < 1.29 is 4.79 Å². The molecule has 4 fully saturated rings. The second-order valence-electron chi connectivity index (χ2n) is 12.6. The summed E-state index contributed by atoms with van der Waals surface area (Å²) >= 11 is 0. The van der Waals surface area contributed by atoms with E-state index in [1.54, 1.807) is 0 Å². The minimum absolute atomic E-state index is 0.149.